The predicted octanol–water partition coefficient (Wildman–Crippen LogP) is 1.81. The van der Waals surface area contributed by atoms with E-state index in [2.05, 4.69) is 84.7 Å². The van der Waals surface area contributed by atoms with Crippen LogP contribution in [0.25, 0.3) is 0 Å². The Morgan fingerprint density at radius 2 is 1.37 bits per heavy atom. The minimum absolute atomic E-state index is 0.00504. The Morgan fingerprint density at radius 1 is 0.927 bits per heavy atom. The zero-order chi connectivity index (χ0) is 30.1. The number of aliphatic hydroxyl groups is 3. The van der Waals surface area contributed by atoms with E-state index in [0.29, 0.717) is 29.4 Å². The molecule has 5 N–H and O–H groups in total. The Kier molecular flexibility index (Phi) is 10.1. The number of rotatable bonds is 9. The molecule has 2 heterocycles. The van der Waals surface area contributed by atoms with Gasteiger partial charge in [-0.1, -0.05) is 10.3 Å². The Balaban J connectivity index is 1.21. The van der Waals surface area contributed by atoms with E-state index in [0.717, 1.165) is 0 Å². The summed E-state index contributed by atoms with van der Waals surface area (Å²) in [7, 11) is 2.92. The zero-order valence-electron chi connectivity index (χ0n) is 21.6. The van der Waals surface area contributed by atoms with E-state index in [1.165, 1.54) is 14.2 Å². The number of hydrogen-bond donors (Lipinski definition) is 5. The molecule has 0 aromatic rings. The lowest BCUT2D eigenvalue weighted by atomic mass is 9.87. The molecule has 5 atom stereocenters. The van der Waals surface area contributed by atoms with E-state index in [1.54, 1.807) is 12.2 Å². The van der Waals surface area contributed by atoms with Gasteiger partial charge >= 0.3 is 0 Å². The minimum atomic E-state index is -1.29. The van der Waals surface area contributed by atoms with Crippen molar-refractivity contribution in [3.63, 3.8) is 0 Å². The highest BCUT2D eigenvalue weighted by Crippen LogP contribution is 2.45. The molecule has 0 saturated heterocycles. The number of ether oxygens (including phenoxy) is 2. The summed E-state index contributed by atoms with van der Waals surface area (Å²) in [6.07, 6.45) is 0.00499. The fourth-order valence-electron chi connectivity index (χ4n) is 4.51. The van der Waals surface area contributed by atoms with E-state index in [1.807, 2.05) is 0 Å². The zero-order valence-corrected chi connectivity index (χ0v) is 28.0. The first-order valence-corrected chi connectivity index (χ1v) is 15.3. The third-order valence-corrected chi connectivity index (χ3v) is 9.51. The molecule has 0 aromatic carbocycles. The Morgan fingerprint density at radius 3 is 1.80 bits per heavy atom. The van der Waals surface area contributed by atoms with Gasteiger partial charge in [-0.25, -0.2) is 0 Å². The minimum Gasteiger partial charge on any atom is -0.495 e. The van der Waals surface area contributed by atoms with Crippen LogP contribution in [0.5, 0.6) is 0 Å². The van der Waals surface area contributed by atoms with Crippen molar-refractivity contribution >= 4 is 87.0 Å². The summed E-state index contributed by atoms with van der Waals surface area (Å²) in [6.45, 7) is -0.0254. The Bertz CT molecular complexity index is 1310. The van der Waals surface area contributed by atoms with E-state index in [4.69, 9.17) is 19.1 Å². The number of oxime groups is 2. The first-order valence-electron chi connectivity index (χ1n) is 12.1. The second-order valence-corrected chi connectivity index (χ2v) is 12.9. The number of carbonyl (C=O) groups is 2. The quantitative estimate of drug-likeness (QED) is 0.232. The van der Waals surface area contributed by atoms with Gasteiger partial charge < -0.3 is 45.1 Å². The van der Waals surface area contributed by atoms with E-state index in [-0.39, 0.29) is 43.8 Å². The maximum Gasteiger partial charge on any atom is 0.269 e. The van der Waals surface area contributed by atoms with Gasteiger partial charge in [-0.3, -0.25) is 9.59 Å². The number of hydrogen-bond acceptors (Lipinski definition) is 11. The van der Waals surface area contributed by atoms with Crippen LogP contribution in [0.4, 0.5) is 0 Å². The summed E-state index contributed by atoms with van der Waals surface area (Å²) in [5.41, 5.74) is -2.46. The molecule has 4 aliphatic rings. The van der Waals surface area contributed by atoms with Gasteiger partial charge in [-0.2, -0.15) is 0 Å². The Labute approximate surface area is 268 Å². The summed E-state index contributed by atoms with van der Waals surface area (Å²) in [4.78, 5) is 36.2. The first kappa shape index (κ1) is 32.2. The van der Waals surface area contributed by atoms with E-state index in [9.17, 15) is 24.9 Å². The number of allylic oxidation sites excluding steroid dienone is 2. The molecule has 224 valence electrons. The van der Waals surface area contributed by atoms with Gasteiger partial charge in [-0.05, 0) is 82.3 Å². The lowest BCUT2D eigenvalue weighted by Gasteiger charge is -2.33. The molecular weight excluding hydrogens is 808 g/mol. The van der Waals surface area contributed by atoms with Crippen molar-refractivity contribution < 1.29 is 44.1 Å². The van der Waals surface area contributed by atoms with Gasteiger partial charge in [0.25, 0.3) is 11.8 Å². The normalized spacial score (nSPS) is 29.8. The second-order valence-electron chi connectivity index (χ2n) is 9.48. The topological polar surface area (TPSA) is 181 Å². The van der Waals surface area contributed by atoms with Gasteiger partial charge in [0.1, 0.15) is 35.1 Å². The largest absolute Gasteiger partial charge is 0.495 e. The third kappa shape index (κ3) is 6.31. The number of nitrogens with one attached hydrogen (secondary N) is 2. The maximum atomic E-state index is 12.6. The molecule has 17 heteroatoms. The van der Waals surface area contributed by atoms with Crippen LogP contribution in [0.1, 0.15) is 19.3 Å². The van der Waals surface area contributed by atoms with Gasteiger partial charge in [-0.15, -0.1) is 0 Å². The molecule has 2 aliphatic heterocycles. The fraction of sp³-hybridized carbons (Fsp3) is 0.500. The highest BCUT2D eigenvalue weighted by atomic mass is 79.9. The molecule has 4 rings (SSSR count). The van der Waals surface area contributed by atoms with Crippen molar-refractivity contribution in [3.8, 4) is 0 Å². The number of aliphatic hydroxyl groups excluding tert-OH is 3. The number of halogens is 4. The van der Waals surface area contributed by atoms with E-state index < -0.39 is 41.3 Å². The van der Waals surface area contributed by atoms with Crippen molar-refractivity contribution in [3.05, 3.63) is 41.6 Å². The van der Waals surface area contributed by atoms with Crippen molar-refractivity contribution in [1.29, 1.82) is 0 Å². The molecule has 0 radical (unpaired) electrons. The molecule has 41 heavy (non-hydrogen) atoms. The molecule has 0 bridgehead atoms. The van der Waals surface area contributed by atoms with Crippen LogP contribution in [-0.4, -0.2) is 95.4 Å². The highest BCUT2D eigenvalue weighted by molar-refractivity contribution is 9.12. The highest BCUT2D eigenvalue weighted by Gasteiger charge is 2.51. The molecule has 2 spiro atoms. The molecule has 2 aliphatic carbocycles. The number of nitrogens with zero attached hydrogens (tertiary/aromatic N) is 2. The Hall–Kier alpha value is -1.76. The second kappa shape index (κ2) is 12.9. The van der Waals surface area contributed by atoms with Gasteiger partial charge in [0.15, 0.2) is 11.2 Å². The molecule has 2 amide bonds. The van der Waals surface area contributed by atoms with Gasteiger partial charge in [0, 0.05) is 25.9 Å². The summed E-state index contributed by atoms with van der Waals surface area (Å²) in [5, 5.41) is 44.7. The fourth-order valence-corrected chi connectivity index (χ4v) is 8.09. The average molecular weight is 834 g/mol. The van der Waals surface area contributed by atoms with Crippen LogP contribution < -0.4 is 10.6 Å². The number of methoxy groups -OCH3 is 2. The molecule has 1 unspecified atom stereocenters. The summed E-state index contributed by atoms with van der Waals surface area (Å²) < 4.78 is 12.3. The number of carbonyl (C=O) groups excluding carboxylic acids is 2. The molecular formula is C24H26Br4N4O9. The lowest BCUT2D eigenvalue weighted by Crippen LogP contribution is -2.45. The lowest BCUT2D eigenvalue weighted by molar-refractivity contribution is -0.116. The van der Waals surface area contributed by atoms with E-state index >= 15 is 0 Å². The molecule has 0 aromatic heterocycles. The third-order valence-electron chi connectivity index (χ3n) is 6.75. The SMILES string of the molecule is COC1=C(Br)[C@@H](O)[C@]2(C=C1Br)CC(C(=O)NCCC(O)CNC(=O)C1=NO[C@]3(C=C(Br)C(OC)=C(Br)[C@@H]3O)C1)=NO2. The maximum absolute atomic E-state index is 12.6. The molecule has 0 saturated carbocycles. The van der Waals surface area contributed by atoms with Crippen molar-refractivity contribution in [1.82, 2.24) is 10.6 Å². The summed E-state index contributed by atoms with van der Waals surface area (Å²) in [5.74, 6) is -0.282. The summed E-state index contributed by atoms with van der Waals surface area (Å²) >= 11 is 13.3. The van der Waals surface area contributed by atoms with Crippen LogP contribution in [0.15, 0.2) is 51.9 Å². The van der Waals surface area contributed by atoms with Gasteiger partial charge in [0.05, 0.1) is 38.3 Å². The number of amides is 2. The standard InChI is InChI=1S/C24H26Br4N4O9/c1-38-17-11(25)5-23(19(34)15(17)27)7-13(31-40-23)21(36)29-4-3-10(33)9-30-22(37)14-8-24(41-32-14)6-12(26)18(39-2)16(28)20(24)35/h5-6,10,19-20,33-35H,3-4,7-9H2,1-2H3,(H,29,36)(H,30,37)/t10?,19-,20+,23+,24-/m1/s1. The average Bonchev–Trinajstić information content (AvgIpc) is 3.56. The van der Waals surface area contributed by atoms with Crippen LogP contribution >= 0.6 is 63.7 Å². The van der Waals surface area contributed by atoms with Crippen LogP contribution in [-0.2, 0) is 28.7 Å². The van der Waals surface area contributed by atoms with Crippen LogP contribution in [0.3, 0.4) is 0 Å². The molecule has 0 fully saturated rings. The van der Waals surface area contributed by atoms with Gasteiger partial charge in [0.2, 0.25) is 0 Å². The monoisotopic (exact) mass is 830 g/mol. The molecule has 13 nitrogen and oxygen atoms in total. The van der Waals surface area contributed by atoms with Crippen molar-refractivity contribution in [2.45, 2.75) is 48.8 Å². The first-order chi connectivity index (χ1) is 19.4. The smallest absolute Gasteiger partial charge is 0.269 e. The van der Waals surface area contributed by atoms with Crippen molar-refractivity contribution in [2.75, 3.05) is 27.3 Å². The summed E-state index contributed by atoms with van der Waals surface area (Å²) in [6, 6.07) is 0. The van der Waals surface area contributed by atoms with Crippen LogP contribution in [0, 0.1) is 0 Å². The predicted molar refractivity (Wildman–Crippen MR) is 160 cm³/mol. The van der Waals surface area contributed by atoms with Crippen LogP contribution in [0.2, 0.25) is 0 Å². The van der Waals surface area contributed by atoms with Crippen molar-refractivity contribution in [2.24, 2.45) is 10.3 Å².